The van der Waals surface area contributed by atoms with Crippen molar-refractivity contribution in [1.29, 1.82) is 0 Å². The molecule has 146 valence electrons. The number of benzene rings is 1. The number of rotatable bonds is 5. The van der Waals surface area contributed by atoms with Crippen LogP contribution < -0.4 is 9.47 Å². The minimum Gasteiger partial charge on any atom is -0.459 e. The second-order valence-corrected chi connectivity index (χ2v) is 7.68. The number of hydrogen-bond acceptors (Lipinski definition) is 6. The zero-order valence-electron chi connectivity index (χ0n) is 14.0. The molecule has 0 saturated carbocycles. The standard InChI is InChI=1S/C16H16F3N3O4S/c17-16(18,19)26-13-6-1-2-7-14(13)27(23,24)22-10-3-5-12(11-22)25-15-20-8-4-9-21-15/h1-2,4,6-9,12H,3,5,10-11H2. The number of sulfonamides is 1. The predicted molar refractivity (Wildman–Crippen MR) is 87.6 cm³/mol. The maximum Gasteiger partial charge on any atom is 0.573 e. The summed E-state index contributed by atoms with van der Waals surface area (Å²) in [4.78, 5) is 7.31. The van der Waals surface area contributed by atoms with Crippen LogP contribution in [0.25, 0.3) is 0 Å². The van der Waals surface area contributed by atoms with Gasteiger partial charge in [-0.3, -0.25) is 0 Å². The smallest absolute Gasteiger partial charge is 0.459 e. The van der Waals surface area contributed by atoms with Crippen molar-refractivity contribution < 1.29 is 31.1 Å². The fourth-order valence-corrected chi connectivity index (χ4v) is 4.35. The van der Waals surface area contributed by atoms with Gasteiger partial charge in [-0.1, -0.05) is 12.1 Å². The van der Waals surface area contributed by atoms with Gasteiger partial charge in [-0.25, -0.2) is 18.4 Å². The molecule has 0 bridgehead atoms. The van der Waals surface area contributed by atoms with Crippen LogP contribution in [0.5, 0.6) is 11.8 Å². The molecular formula is C16H16F3N3O4S. The van der Waals surface area contributed by atoms with Crippen molar-refractivity contribution in [2.24, 2.45) is 0 Å². The van der Waals surface area contributed by atoms with E-state index in [0.29, 0.717) is 12.8 Å². The average molecular weight is 403 g/mol. The lowest BCUT2D eigenvalue weighted by Gasteiger charge is -2.31. The van der Waals surface area contributed by atoms with Crippen molar-refractivity contribution in [3.63, 3.8) is 0 Å². The molecule has 1 aliphatic heterocycles. The SMILES string of the molecule is O=S(=O)(c1ccccc1OC(F)(F)F)N1CCCC(Oc2ncccn2)C1. The van der Waals surface area contributed by atoms with Gasteiger partial charge in [0.1, 0.15) is 16.7 Å². The molecule has 1 aliphatic rings. The zero-order valence-corrected chi connectivity index (χ0v) is 14.8. The Morgan fingerprint density at radius 2 is 1.81 bits per heavy atom. The van der Waals surface area contributed by atoms with Crippen LogP contribution in [0.3, 0.4) is 0 Å². The van der Waals surface area contributed by atoms with E-state index in [-0.39, 0.29) is 19.1 Å². The van der Waals surface area contributed by atoms with E-state index in [0.717, 1.165) is 16.4 Å². The van der Waals surface area contributed by atoms with Crippen LogP contribution in [0, 0.1) is 0 Å². The van der Waals surface area contributed by atoms with Gasteiger partial charge in [-0.2, -0.15) is 4.31 Å². The average Bonchev–Trinajstić information content (AvgIpc) is 2.62. The second-order valence-electron chi connectivity index (χ2n) is 5.77. The molecule has 11 heteroatoms. The molecule has 1 saturated heterocycles. The molecule has 0 radical (unpaired) electrons. The summed E-state index contributed by atoms with van der Waals surface area (Å²) in [5, 5.41) is 0. The maximum atomic E-state index is 12.9. The van der Waals surface area contributed by atoms with Gasteiger partial charge in [-0.05, 0) is 31.0 Å². The Balaban J connectivity index is 1.80. The van der Waals surface area contributed by atoms with E-state index in [4.69, 9.17) is 4.74 Å². The van der Waals surface area contributed by atoms with Crippen molar-refractivity contribution in [3.05, 3.63) is 42.7 Å². The van der Waals surface area contributed by atoms with Crippen LogP contribution in [0.15, 0.2) is 47.6 Å². The van der Waals surface area contributed by atoms with E-state index in [2.05, 4.69) is 14.7 Å². The van der Waals surface area contributed by atoms with Gasteiger partial charge in [0.05, 0.1) is 6.54 Å². The highest BCUT2D eigenvalue weighted by atomic mass is 32.2. The van der Waals surface area contributed by atoms with Gasteiger partial charge in [0.15, 0.2) is 0 Å². The fraction of sp³-hybridized carbons (Fsp3) is 0.375. The Labute approximate surface area is 153 Å². The molecule has 0 spiro atoms. The topological polar surface area (TPSA) is 81.6 Å². The summed E-state index contributed by atoms with van der Waals surface area (Å²) < 4.78 is 74.1. The van der Waals surface area contributed by atoms with Crippen LogP contribution in [0.1, 0.15) is 12.8 Å². The molecule has 7 nitrogen and oxygen atoms in total. The van der Waals surface area contributed by atoms with E-state index in [1.165, 1.54) is 24.5 Å². The Morgan fingerprint density at radius 3 is 2.52 bits per heavy atom. The first-order valence-corrected chi connectivity index (χ1v) is 9.48. The number of piperidine rings is 1. The summed E-state index contributed by atoms with van der Waals surface area (Å²) >= 11 is 0. The fourth-order valence-electron chi connectivity index (χ4n) is 2.73. The highest BCUT2D eigenvalue weighted by Crippen LogP contribution is 2.32. The van der Waals surface area contributed by atoms with E-state index in [1.54, 1.807) is 6.07 Å². The summed E-state index contributed by atoms with van der Waals surface area (Å²) in [5.74, 6) is -0.764. The van der Waals surface area contributed by atoms with Gasteiger partial charge < -0.3 is 9.47 Å². The number of hydrogen-bond donors (Lipinski definition) is 0. The number of alkyl halides is 3. The van der Waals surface area contributed by atoms with Gasteiger partial charge >= 0.3 is 12.4 Å². The molecule has 1 unspecified atom stereocenters. The van der Waals surface area contributed by atoms with E-state index in [9.17, 15) is 21.6 Å². The van der Waals surface area contributed by atoms with Crippen molar-refractivity contribution in [1.82, 2.24) is 14.3 Å². The van der Waals surface area contributed by atoms with Crippen LogP contribution in [-0.4, -0.2) is 48.2 Å². The molecule has 3 rings (SSSR count). The number of ether oxygens (including phenoxy) is 2. The Bertz CT molecular complexity index is 878. The Kier molecular flexibility index (Phi) is 5.51. The van der Waals surface area contributed by atoms with Crippen molar-refractivity contribution >= 4 is 10.0 Å². The first-order chi connectivity index (χ1) is 12.8. The van der Waals surface area contributed by atoms with Gasteiger partial charge in [0.25, 0.3) is 0 Å². The summed E-state index contributed by atoms with van der Waals surface area (Å²) in [6, 6.07) is 6.39. The first-order valence-electron chi connectivity index (χ1n) is 8.04. The minimum absolute atomic E-state index is 0.0268. The molecule has 1 atom stereocenters. The van der Waals surface area contributed by atoms with Gasteiger partial charge in [0, 0.05) is 18.9 Å². The molecular weight excluding hydrogens is 387 g/mol. The quantitative estimate of drug-likeness (QED) is 0.763. The lowest BCUT2D eigenvalue weighted by molar-refractivity contribution is -0.275. The molecule has 0 N–H and O–H groups in total. The summed E-state index contributed by atoms with van der Waals surface area (Å²) in [5.41, 5.74) is 0. The summed E-state index contributed by atoms with van der Waals surface area (Å²) in [7, 11) is -4.20. The number of aromatic nitrogens is 2. The summed E-state index contributed by atoms with van der Waals surface area (Å²) in [6.45, 7) is 0.138. The van der Waals surface area contributed by atoms with Gasteiger partial charge in [0.2, 0.25) is 10.0 Å². The molecule has 0 aliphatic carbocycles. The third-order valence-electron chi connectivity index (χ3n) is 3.85. The third-order valence-corrected chi connectivity index (χ3v) is 5.75. The second kappa shape index (κ2) is 7.69. The molecule has 1 fully saturated rings. The van der Waals surface area contributed by atoms with E-state index < -0.39 is 33.1 Å². The highest BCUT2D eigenvalue weighted by Gasteiger charge is 2.37. The molecule has 27 heavy (non-hydrogen) atoms. The van der Waals surface area contributed by atoms with Crippen molar-refractivity contribution in [3.8, 4) is 11.8 Å². The lowest BCUT2D eigenvalue weighted by Crippen LogP contribution is -2.44. The lowest BCUT2D eigenvalue weighted by atomic mass is 10.1. The third kappa shape index (κ3) is 4.86. The molecule has 0 amide bonds. The Morgan fingerprint density at radius 1 is 1.11 bits per heavy atom. The predicted octanol–water partition coefficient (Wildman–Crippen LogP) is 2.61. The van der Waals surface area contributed by atoms with Crippen LogP contribution in [0.4, 0.5) is 13.2 Å². The van der Waals surface area contributed by atoms with Crippen LogP contribution in [-0.2, 0) is 10.0 Å². The zero-order chi connectivity index (χ0) is 19.5. The van der Waals surface area contributed by atoms with E-state index in [1.807, 2.05) is 0 Å². The van der Waals surface area contributed by atoms with Crippen LogP contribution in [0.2, 0.25) is 0 Å². The normalized spacial score (nSPS) is 18.9. The largest absolute Gasteiger partial charge is 0.573 e. The highest BCUT2D eigenvalue weighted by molar-refractivity contribution is 7.89. The summed E-state index contributed by atoms with van der Waals surface area (Å²) in [6.07, 6.45) is -1.46. The monoisotopic (exact) mass is 403 g/mol. The molecule has 1 aromatic carbocycles. The molecule has 1 aromatic heterocycles. The number of para-hydroxylation sites is 1. The molecule has 2 heterocycles. The Hall–Kier alpha value is -2.40. The van der Waals surface area contributed by atoms with Crippen molar-refractivity contribution in [2.75, 3.05) is 13.1 Å². The first kappa shape index (κ1) is 19.4. The van der Waals surface area contributed by atoms with Crippen LogP contribution >= 0.6 is 0 Å². The molecule has 2 aromatic rings. The maximum absolute atomic E-state index is 12.9. The number of nitrogens with zero attached hydrogens (tertiary/aromatic N) is 3. The van der Waals surface area contributed by atoms with E-state index >= 15 is 0 Å². The minimum atomic E-state index is -5.00. The number of halogens is 3. The van der Waals surface area contributed by atoms with Crippen molar-refractivity contribution in [2.45, 2.75) is 30.2 Å². The van der Waals surface area contributed by atoms with Gasteiger partial charge in [-0.15, -0.1) is 13.2 Å².